The summed E-state index contributed by atoms with van der Waals surface area (Å²) in [5.41, 5.74) is -0.113. The smallest absolute Gasteiger partial charge is 0.291 e. The lowest BCUT2D eigenvalue weighted by Crippen LogP contribution is -2.39. The van der Waals surface area contributed by atoms with Crippen LogP contribution in [-0.4, -0.2) is 27.1 Å². The topological polar surface area (TPSA) is 70.7 Å². The molecule has 3 atom stereocenters. The summed E-state index contributed by atoms with van der Waals surface area (Å²) in [7, 11) is 0. The van der Waals surface area contributed by atoms with Crippen molar-refractivity contribution in [3.63, 3.8) is 0 Å². The van der Waals surface area contributed by atoms with Gasteiger partial charge in [-0.05, 0) is 31.1 Å². The molecule has 0 aromatic carbocycles. The summed E-state index contributed by atoms with van der Waals surface area (Å²) in [5, 5.41) is 10.0. The van der Waals surface area contributed by atoms with Gasteiger partial charge in [0.15, 0.2) is 0 Å². The van der Waals surface area contributed by atoms with Crippen LogP contribution in [0.2, 0.25) is 0 Å². The number of fused-ring (bicyclic) bond motifs is 2. The first-order valence-electron chi connectivity index (χ1n) is 7.17. The van der Waals surface area contributed by atoms with Crippen LogP contribution in [0.3, 0.4) is 0 Å². The number of carbonyl (C=O) groups excluding carboxylic acids is 1. The quantitative estimate of drug-likeness (QED) is 0.856. The van der Waals surface area contributed by atoms with Gasteiger partial charge in [-0.3, -0.25) is 9.89 Å². The van der Waals surface area contributed by atoms with E-state index in [0.717, 1.165) is 18.2 Å². The number of carbonyl (C=O) groups is 1. The molecule has 3 unspecified atom stereocenters. The Morgan fingerprint density at radius 3 is 2.63 bits per heavy atom. The van der Waals surface area contributed by atoms with Crippen LogP contribution in [0.25, 0.3) is 0 Å². The molecule has 0 spiro atoms. The lowest BCUT2D eigenvalue weighted by atomic mass is 9.95. The molecule has 3 rings (SSSR count). The molecule has 1 heterocycles. The molecule has 2 bridgehead atoms. The van der Waals surface area contributed by atoms with Gasteiger partial charge in [-0.15, -0.1) is 5.10 Å². The molecule has 2 N–H and O–H groups in total. The lowest BCUT2D eigenvalue weighted by molar-refractivity contribution is 0.0912. The number of rotatable bonds is 2. The number of H-pyrrole nitrogens is 1. The average Bonchev–Trinajstić information content (AvgIpc) is 3.03. The van der Waals surface area contributed by atoms with Gasteiger partial charge in [0.05, 0.1) is 0 Å². The Morgan fingerprint density at radius 1 is 1.32 bits per heavy atom. The van der Waals surface area contributed by atoms with Crippen molar-refractivity contribution in [3.8, 4) is 0 Å². The van der Waals surface area contributed by atoms with Crippen LogP contribution in [0.15, 0.2) is 0 Å². The number of nitrogens with one attached hydrogen (secondary N) is 2. The molecule has 5 heteroatoms. The molecule has 2 aliphatic rings. The van der Waals surface area contributed by atoms with Gasteiger partial charge in [-0.1, -0.05) is 27.2 Å². The molecule has 19 heavy (non-hydrogen) atoms. The molecule has 0 aliphatic heterocycles. The van der Waals surface area contributed by atoms with Crippen LogP contribution in [0, 0.1) is 11.8 Å². The van der Waals surface area contributed by atoms with E-state index in [-0.39, 0.29) is 17.1 Å². The number of hydrogen-bond donors (Lipinski definition) is 2. The summed E-state index contributed by atoms with van der Waals surface area (Å²) in [4.78, 5) is 16.5. The second-order valence-corrected chi connectivity index (χ2v) is 7.01. The molecule has 0 saturated heterocycles. The van der Waals surface area contributed by atoms with E-state index in [1.54, 1.807) is 0 Å². The Bertz CT molecular complexity index is 488. The van der Waals surface area contributed by atoms with Crippen LogP contribution in [-0.2, 0) is 5.41 Å². The Kier molecular flexibility index (Phi) is 2.87. The summed E-state index contributed by atoms with van der Waals surface area (Å²) in [6.45, 7) is 6.14. The van der Waals surface area contributed by atoms with E-state index >= 15 is 0 Å². The predicted octanol–water partition coefficient (Wildman–Crippen LogP) is 2.02. The Morgan fingerprint density at radius 2 is 2.11 bits per heavy atom. The molecule has 104 valence electrons. The minimum atomic E-state index is -0.135. The third-order valence-electron chi connectivity index (χ3n) is 4.45. The lowest BCUT2D eigenvalue weighted by Gasteiger charge is -2.22. The molecule has 2 fully saturated rings. The van der Waals surface area contributed by atoms with Crippen molar-refractivity contribution in [1.29, 1.82) is 0 Å². The maximum atomic E-state index is 12.2. The molecule has 1 aromatic rings. The molecule has 1 amide bonds. The third-order valence-corrected chi connectivity index (χ3v) is 4.45. The number of nitrogens with zero attached hydrogens (tertiary/aromatic N) is 2. The van der Waals surface area contributed by atoms with Gasteiger partial charge in [0, 0.05) is 11.5 Å². The zero-order valence-electron chi connectivity index (χ0n) is 11.9. The standard InChI is InChI=1S/C14H22N4O/c1-14(2,3)13-16-11(17-18-13)12(19)15-10-7-8-4-5-9(10)6-8/h8-10H,4-7H2,1-3H3,(H,15,19)(H,16,17,18). The Balaban J connectivity index is 1.66. The zero-order chi connectivity index (χ0) is 13.6. The molecule has 5 nitrogen and oxygen atoms in total. The van der Waals surface area contributed by atoms with Crippen molar-refractivity contribution in [3.05, 3.63) is 11.6 Å². The second-order valence-electron chi connectivity index (χ2n) is 7.01. The van der Waals surface area contributed by atoms with E-state index in [9.17, 15) is 4.79 Å². The van der Waals surface area contributed by atoms with Crippen molar-refractivity contribution in [2.24, 2.45) is 11.8 Å². The van der Waals surface area contributed by atoms with Gasteiger partial charge in [0.25, 0.3) is 5.91 Å². The van der Waals surface area contributed by atoms with Gasteiger partial charge in [0.2, 0.25) is 5.82 Å². The highest BCUT2D eigenvalue weighted by atomic mass is 16.2. The molecular weight excluding hydrogens is 240 g/mol. The van der Waals surface area contributed by atoms with E-state index in [4.69, 9.17) is 0 Å². The van der Waals surface area contributed by atoms with Crippen molar-refractivity contribution >= 4 is 5.91 Å². The normalized spacial score (nSPS) is 29.7. The van der Waals surface area contributed by atoms with Gasteiger partial charge in [-0.25, -0.2) is 4.98 Å². The van der Waals surface area contributed by atoms with E-state index in [0.29, 0.717) is 12.0 Å². The molecule has 0 radical (unpaired) electrons. The molecule has 2 saturated carbocycles. The van der Waals surface area contributed by atoms with Crippen LogP contribution < -0.4 is 5.32 Å². The van der Waals surface area contributed by atoms with Crippen LogP contribution in [0.5, 0.6) is 0 Å². The molecule has 1 aromatic heterocycles. The fourth-order valence-electron chi connectivity index (χ4n) is 3.35. The molecular formula is C14H22N4O. The summed E-state index contributed by atoms with van der Waals surface area (Å²) >= 11 is 0. The SMILES string of the molecule is CC(C)(C)c1nc(C(=O)NC2CC3CCC2C3)n[nH]1. The monoisotopic (exact) mass is 262 g/mol. The van der Waals surface area contributed by atoms with E-state index < -0.39 is 0 Å². The first kappa shape index (κ1) is 12.6. The highest BCUT2D eigenvalue weighted by Crippen LogP contribution is 2.44. The number of aromatic nitrogens is 3. The van der Waals surface area contributed by atoms with Crippen LogP contribution in [0.1, 0.15) is 62.9 Å². The van der Waals surface area contributed by atoms with Gasteiger partial charge >= 0.3 is 0 Å². The third kappa shape index (κ3) is 2.38. The fourth-order valence-corrected chi connectivity index (χ4v) is 3.35. The summed E-state index contributed by atoms with van der Waals surface area (Å²) in [5.74, 6) is 2.39. The van der Waals surface area contributed by atoms with Crippen molar-refractivity contribution in [1.82, 2.24) is 20.5 Å². The van der Waals surface area contributed by atoms with Crippen molar-refractivity contribution in [2.45, 2.75) is 57.9 Å². The highest BCUT2D eigenvalue weighted by molar-refractivity contribution is 5.90. The van der Waals surface area contributed by atoms with Crippen LogP contribution >= 0.6 is 0 Å². The predicted molar refractivity (Wildman–Crippen MR) is 71.8 cm³/mol. The van der Waals surface area contributed by atoms with Crippen LogP contribution in [0.4, 0.5) is 0 Å². The van der Waals surface area contributed by atoms with Crippen molar-refractivity contribution in [2.75, 3.05) is 0 Å². The van der Waals surface area contributed by atoms with Gasteiger partial charge in [-0.2, -0.15) is 0 Å². The number of hydrogen-bond acceptors (Lipinski definition) is 3. The maximum absolute atomic E-state index is 12.2. The molecule has 2 aliphatic carbocycles. The largest absolute Gasteiger partial charge is 0.346 e. The van der Waals surface area contributed by atoms with E-state index in [2.05, 4.69) is 20.5 Å². The second kappa shape index (κ2) is 4.32. The summed E-state index contributed by atoms with van der Waals surface area (Å²) in [6, 6.07) is 0.336. The fraction of sp³-hybridized carbons (Fsp3) is 0.786. The van der Waals surface area contributed by atoms with Crippen molar-refractivity contribution < 1.29 is 4.79 Å². The summed E-state index contributed by atoms with van der Waals surface area (Å²) < 4.78 is 0. The maximum Gasteiger partial charge on any atom is 0.291 e. The Hall–Kier alpha value is -1.39. The number of amides is 1. The van der Waals surface area contributed by atoms with Gasteiger partial charge in [0.1, 0.15) is 5.82 Å². The average molecular weight is 262 g/mol. The highest BCUT2D eigenvalue weighted by Gasteiger charge is 2.40. The Labute approximate surface area is 113 Å². The first-order valence-corrected chi connectivity index (χ1v) is 7.17. The first-order chi connectivity index (χ1) is 8.93. The minimum Gasteiger partial charge on any atom is -0.346 e. The zero-order valence-corrected chi connectivity index (χ0v) is 11.9. The summed E-state index contributed by atoms with van der Waals surface area (Å²) in [6.07, 6.45) is 5.02. The van der Waals surface area contributed by atoms with Gasteiger partial charge < -0.3 is 5.32 Å². The van der Waals surface area contributed by atoms with E-state index in [1.165, 1.54) is 19.3 Å². The van der Waals surface area contributed by atoms with E-state index in [1.807, 2.05) is 20.8 Å². The number of aromatic amines is 1. The minimum absolute atomic E-state index is 0.113.